The van der Waals surface area contributed by atoms with Crippen LogP contribution in [0.2, 0.25) is 10.0 Å². The van der Waals surface area contributed by atoms with Crippen molar-refractivity contribution in [2.24, 2.45) is 0 Å². The maximum atomic E-state index is 6.23. The molecule has 0 heterocycles. The van der Waals surface area contributed by atoms with Crippen molar-refractivity contribution in [2.45, 2.75) is 0 Å². The van der Waals surface area contributed by atoms with Gasteiger partial charge in [0.25, 0.3) is 0 Å². The highest BCUT2D eigenvalue weighted by Gasteiger charge is 2.10. The number of benzene rings is 4. The second kappa shape index (κ2) is 5.38. The predicted octanol–water partition coefficient (Wildman–Crippen LogP) is 7.98. The smallest absolute Gasteiger partial charge is 0.0423 e. The Labute approximate surface area is 154 Å². The number of halogens is 4. The molecule has 0 saturated heterocycles. The lowest BCUT2D eigenvalue weighted by Crippen LogP contribution is -1.83. The van der Waals surface area contributed by atoms with Gasteiger partial charge in [-0.25, -0.2) is 0 Å². The molecule has 0 amide bonds. The molecule has 0 N–H and O–H groups in total. The number of hydrogen-bond acceptors (Lipinski definition) is 0. The summed E-state index contributed by atoms with van der Waals surface area (Å²) >= 11 is 19.7. The molecular weight excluding hydrogens is 447 g/mol. The summed E-state index contributed by atoms with van der Waals surface area (Å²) < 4.78 is 2.01. The van der Waals surface area contributed by atoms with Crippen LogP contribution in [-0.2, 0) is 0 Å². The molecule has 4 aromatic carbocycles. The van der Waals surface area contributed by atoms with Gasteiger partial charge in [-0.2, -0.15) is 0 Å². The van der Waals surface area contributed by atoms with Gasteiger partial charge >= 0.3 is 0 Å². The molecule has 0 aliphatic rings. The molecule has 0 saturated carbocycles. The van der Waals surface area contributed by atoms with Crippen LogP contribution in [0.1, 0.15) is 0 Å². The summed E-state index contributed by atoms with van der Waals surface area (Å²) in [5.41, 5.74) is 0. The molecule has 0 spiro atoms. The topological polar surface area (TPSA) is 0 Å². The monoisotopic (exact) mass is 452 g/mol. The fraction of sp³-hybridized carbons (Fsp3) is 0. The van der Waals surface area contributed by atoms with Gasteiger partial charge in [0, 0.05) is 19.0 Å². The van der Waals surface area contributed by atoms with Crippen LogP contribution in [0.15, 0.2) is 57.5 Å². The number of hydrogen-bond donors (Lipinski definition) is 0. The van der Waals surface area contributed by atoms with E-state index in [1.165, 1.54) is 10.8 Å². The molecule has 0 aliphatic carbocycles. The summed E-state index contributed by atoms with van der Waals surface area (Å²) in [7, 11) is 0. The maximum absolute atomic E-state index is 6.23. The Morgan fingerprint density at radius 3 is 1.27 bits per heavy atom. The molecule has 0 radical (unpaired) electrons. The van der Waals surface area contributed by atoms with Crippen molar-refractivity contribution in [3.63, 3.8) is 0 Å². The Morgan fingerprint density at radius 2 is 0.864 bits per heavy atom. The zero-order valence-corrected chi connectivity index (χ0v) is 15.8. The lowest BCUT2D eigenvalue weighted by atomic mass is 9.97. The average Bonchev–Trinajstić information content (AvgIpc) is 2.46. The minimum Gasteiger partial charge on any atom is -0.0843 e. The number of fused-ring (bicyclic) bond motifs is 5. The average molecular weight is 455 g/mol. The summed E-state index contributed by atoms with van der Waals surface area (Å²) in [6.45, 7) is 0. The van der Waals surface area contributed by atoms with E-state index in [2.05, 4.69) is 56.1 Å². The Balaban J connectivity index is 2.27. The second-order valence-electron chi connectivity index (χ2n) is 5.19. The van der Waals surface area contributed by atoms with E-state index >= 15 is 0 Å². The summed E-state index contributed by atoms with van der Waals surface area (Å²) in [4.78, 5) is 0. The van der Waals surface area contributed by atoms with Gasteiger partial charge in [0.05, 0.1) is 0 Å². The molecule has 0 nitrogen and oxygen atoms in total. The van der Waals surface area contributed by atoms with E-state index in [1.807, 2.05) is 24.3 Å². The third-order valence-electron chi connectivity index (χ3n) is 3.89. The van der Waals surface area contributed by atoms with E-state index < -0.39 is 0 Å². The molecule has 0 unspecified atom stereocenters. The Kier molecular flexibility index (Phi) is 3.61. The first kappa shape index (κ1) is 14.8. The highest BCUT2D eigenvalue weighted by Crippen LogP contribution is 2.38. The third-order valence-corrected chi connectivity index (χ3v) is 5.64. The van der Waals surface area contributed by atoms with Gasteiger partial charge in [-0.05, 0) is 56.6 Å². The second-order valence-corrected chi connectivity index (χ2v) is 7.77. The predicted molar refractivity (Wildman–Crippen MR) is 104 cm³/mol. The van der Waals surface area contributed by atoms with Crippen molar-refractivity contribution in [1.29, 1.82) is 0 Å². The van der Waals surface area contributed by atoms with E-state index in [9.17, 15) is 0 Å². The molecule has 0 bridgehead atoms. The fourth-order valence-electron chi connectivity index (χ4n) is 2.94. The first-order valence-corrected chi connectivity index (χ1v) is 8.98. The lowest BCUT2D eigenvalue weighted by molar-refractivity contribution is 1.72. The highest BCUT2D eigenvalue weighted by molar-refractivity contribution is 9.11. The molecule has 4 aromatic rings. The van der Waals surface area contributed by atoms with Crippen molar-refractivity contribution in [3.8, 4) is 0 Å². The molecule has 0 fully saturated rings. The normalized spacial score (nSPS) is 11.6. The van der Waals surface area contributed by atoms with Crippen molar-refractivity contribution in [2.75, 3.05) is 0 Å². The van der Waals surface area contributed by atoms with Crippen LogP contribution in [0.3, 0.4) is 0 Å². The van der Waals surface area contributed by atoms with Crippen LogP contribution in [0.4, 0.5) is 0 Å². The molecule has 22 heavy (non-hydrogen) atoms. The van der Waals surface area contributed by atoms with Crippen LogP contribution >= 0.6 is 55.1 Å². The van der Waals surface area contributed by atoms with Crippen molar-refractivity contribution in [1.82, 2.24) is 0 Å². The van der Waals surface area contributed by atoms with E-state index in [0.717, 1.165) is 40.5 Å². The maximum Gasteiger partial charge on any atom is 0.0423 e. The first-order chi connectivity index (χ1) is 10.5. The Hall–Kier alpha value is -0.800. The lowest BCUT2D eigenvalue weighted by Gasteiger charge is -2.10. The van der Waals surface area contributed by atoms with Gasteiger partial charge in [0.15, 0.2) is 0 Å². The van der Waals surface area contributed by atoms with Crippen molar-refractivity contribution >= 4 is 87.4 Å². The van der Waals surface area contributed by atoms with E-state index in [4.69, 9.17) is 23.2 Å². The Bertz CT molecular complexity index is 984. The minimum absolute atomic E-state index is 0.722. The van der Waals surface area contributed by atoms with E-state index in [0.29, 0.717) is 0 Å². The molecule has 0 aromatic heterocycles. The highest BCUT2D eigenvalue weighted by atomic mass is 79.9. The molecular formula is C18H8Br2Cl2. The van der Waals surface area contributed by atoms with Crippen LogP contribution in [0, 0.1) is 0 Å². The summed E-state index contributed by atoms with van der Waals surface area (Å²) in [5.74, 6) is 0. The fourth-order valence-corrected chi connectivity index (χ4v) is 4.82. The van der Waals surface area contributed by atoms with E-state index in [-0.39, 0.29) is 0 Å². The SMILES string of the molecule is Clc1cc(Br)c2ccc3c4cc(Cl)cc(Br)c4ccc3c2c1. The van der Waals surface area contributed by atoms with Gasteiger partial charge in [0.1, 0.15) is 0 Å². The quantitative estimate of drug-likeness (QED) is 0.236. The summed E-state index contributed by atoms with van der Waals surface area (Å²) in [5, 5.41) is 8.35. The van der Waals surface area contributed by atoms with Gasteiger partial charge in [0.2, 0.25) is 0 Å². The van der Waals surface area contributed by atoms with Gasteiger partial charge in [-0.3, -0.25) is 0 Å². The van der Waals surface area contributed by atoms with Crippen LogP contribution < -0.4 is 0 Å². The largest absolute Gasteiger partial charge is 0.0843 e. The zero-order chi connectivity index (χ0) is 15.4. The summed E-state index contributed by atoms with van der Waals surface area (Å²) in [6, 6.07) is 16.4. The molecule has 0 atom stereocenters. The van der Waals surface area contributed by atoms with Gasteiger partial charge < -0.3 is 0 Å². The molecule has 0 aliphatic heterocycles. The molecule has 4 heteroatoms. The first-order valence-electron chi connectivity index (χ1n) is 6.64. The molecule has 108 valence electrons. The van der Waals surface area contributed by atoms with Crippen LogP contribution in [0.25, 0.3) is 32.3 Å². The van der Waals surface area contributed by atoms with Crippen LogP contribution in [0.5, 0.6) is 0 Å². The Morgan fingerprint density at radius 1 is 0.500 bits per heavy atom. The standard InChI is InChI=1S/C18H8Br2Cl2/c19-17-7-10(22)6-16-12-2-4-14-15(5-9(21)8-18(14)20)11(12)1-3-13(16)17/h1-8H. The summed E-state index contributed by atoms with van der Waals surface area (Å²) in [6.07, 6.45) is 0. The zero-order valence-electron chi connectivity index (χ0n) is 11.1. The molecule has 4 rings (SSSR count). The van der Waals surface area contributed by atoms with Gasteiger partial charge in [-0.1, -0.05) is 79.3 Å². The van der Waals surface area contributed by atoms with Crippen LogP contribution in [-0.4, -0.2) is 0 Å². The number of rotatable bonds is 0. The third kappa shape index (κ3) is 2.25. The van der Waals surface area contributed by atoms with E-state index in [1.54, 1.807) is 0 Å². The van der Waals surface area contributed by atoms with Crippen molar-refractivity contribution in [3.05, 3.63) is 67.5 Å². The minimum atomic E-state index is 0.722. The van der Waals surface area contributed by atoms with Gasteiger partial charge in [-0.15, -0.1) is 0 Å². The van der Waals surface area contributed by atoms with Crippen molar-refractivity contribution < 1.29 is 0 Å².